The molecule has 0 bridgehead atoms. The van der Waals surface area contributed by atoms with Gasteiger partial charge in [0.1, 0.15) is 0 Å². The first kappa shape index (κ1) is 15.1. The van der Waals surface area contributed by atoms with Crippen LogP contribution in [0.15, 0.2) is 12.3 Å². The number of carbonyl (C=O) groups is 1. The largest absolute Gasteiger partial charge is 0.354 e. The van der Waals surface area contributed by atoms with Gasteiger partial charge in [-0.2, -0.15) is 0 Å². The van der Waals surface area contributed by atoms with Crippen molar-refractivity contribution in [2.24, 2.45) is 7.05 Å². The van der Waals surface area contributed by atoms with Crippen molar-refractivity contribution in [2.45, 2.75) is 13.3 Å². The lowest BCUT2D eigenvalue weighted by atomic mass is 10.2. The van der Waals surface area contributed by atoms with Crippen molar-refractivity contribution >= 4 is 15.9 Å². The molecule has 1 aliphatic rings. The molecule has 1 saturated heterocycles. The molecule has 0 aliphatic carbocycles. The Balaban J connectivity index is 2.11. The summed E-state index contributed by atoms with van der Waals surface area (Å²) in [7, 11) is -1.27. The van der Waals surface area contributed by atoms with Crippen LogP contribution in [-0.4, -0.2) is 60.5 Å². The lowest BCUT2D eigenvalue weighted by Gasteiger charge is -2.21. The predicted molar refractivity (Wildman–Crippen MR) is 77.1 cm³/mol. The maximum Gasteiger partial charge on any atom is 0.255 e. The van der Waals surface area contributed by atoms with E-state index in [0.29, 0.717) is 38.2 Å². The van der Waals surface area contributed by atoms with Crippen LogP contribution in [0.4, 0.5) is 0 Å². The number of nitrogens with zero attached hydrogens (tertiary/aromatic N) is 3. The van der Waals surface area contributed by atoms with Crippen LogP contribution in [0.2, 0.25) is 0 Å². The standard InChI is InChI=1S/C13H21N3O3S/c1-11-12(5-8-14(11)2)13(17)15-6-4-7-16(10-9-15)20(3,18)19/h5,8H,4,6-7,9-10H2,1-3H3. The van der Waals surface area contributed by atoms with Gasteiger partial charge in [0.15, 0.2) is 0 Å². The van der Waals surface area contributed by atoms with E-state index >= 15 is 0 Å². The first-order valence-corrected chi connectivity index (χ1v) is 8.52. The Hall–Kier alpha value is -1.34. The van der Waals surface area contributed by atoms with Gasteiger partial charge in [-0.3, -0.25) is 4.79 Å². The van der Waals surface area contributed by atoms with Crippen molar-refractivity contribution in [2.75, 3.05) is 32.4 Å². The molecule has 0 saturated carbocycles. The maximum absolute atomic E-state index is 12.5. The number of carbonyl (C=O) groups excluding carboxylic acids is 1. The molecule has 0 atom stereocenters. The third-order valence-corrected chi connectivity index (χ3v) is 5.13. The number of hydrogen-bond donors (Lipinski definition) is 0. The van der Waals surface area contributed by atoms with E-state index in [-0.39, 0.29) is 5.91 Å². The zero-order valence-electron chi connectivity index (χ0n) is 12.2. The highest BCUT2D eigenvalue weighted by Gasteiger charge is 2.25. The minimum absolute atomic E-state index is 0.0153. The van der Waals surface area contributed by atoms with E-state index in [1.165, 1.54) is 10.6 Å². The van der Waals surface area contributed by atoms with E-state index in [9.17, 15) is 13.2 Å². The molecule has 6 nitrogen and oxygen atoms in total. The molecule has 2 rings (SSSR count). The summed E-state index contributed by atoms with van der Waals surface area (Å²) in [6.45, 7) is 3.81. The van der Waals surface area contributed by atoms with Crippen LogP contribution in [0.25, 0.3) is 0 Å². The van der Waals surface area contributed by atoms with E-state index in [2.05, 4.69) is 0 Å². The third kappa shape index (κ3) is 3.04. The summed E-state index contributed by atoms with van der Waals surface area (Å²) < 4.78 is 26.5. The van der Waals surface area contributed by atoms with Crippen LogP contribution in [0.3, 0.4) is 0 Å². The summed E-state index contributed by atoms with van der Waals surface area (Å²) in [5.41, 5.74) is 1.62. The van der Waals surface area contributed by atoms with E-state index < -0.39 is 10.0 Å². The number of hydrogen-bond acceptors (Lipinski definition) is 3. The van der Waals surface area contributed by atoms with Crippen molar-refractivity contribution < 1.29 is 13.2 Å². The van der Waals surface area contributed by atoms with Gasteiger partial charge in [-0.1, -0.05) is 0 Å². The highest BCUT2D eigenvalue weighted by Crippen LogP contribution is 2.14. The second kappa shape index (κ2) is 5.57. The zero-order chi connectivity index (χ0) is 14.9. The molecule has 7 heteroatoms. The number of aryl methyl sites for hydroxylation is 1. The molecule has 0 unspecified atom stereocenters. The third-order valence-electron chi connectivity index (χ3n) is 3.83. The maximum atomic E-state index is 12.5. The molecule has 20 heavy (non-hydrogen) atoms. The molecule has 1 aliphatic heterocycles. The Labute approximate surface area is 120 Å². The van der Waals surface area contributed by atoms with Crippen LogP contribution in [0.5, 0.6) is 0 Å². The second-order valence-corrected chi connectivity index (χ2v) is 7.22. The summed E-state index contributed by atoms with van der Waals surface area (Å²) in [4.78, 5) is 14.2. The Morgan fingerprint density at radius 3 is 2.45 bits per heavy atom. The normalized spacial score (nSPS) is 18.1. The summed E-state index contributed by atoms with van der Waals surface area (Å²) in [6.07, 6.45) is 3.75. The number of amides is 1. The first-order valence-electron chi connectivity index (χ1n) is 6.67. The van der Waals surface area contributed by atoms with E-state index in [1.807, 2.05) is 30.8 Å². The molecule has 0 radical (unpaired) electrons. The summed E-state index contributed by atoms with van der Waals surface area (Å²) >= 11 is 0. The Kier molecular flexibility index (Phi) is 4.19. The fourth-order valence-electron chi connectivity index (χ4n) is 2.43. The summed E-state index contributed by atoms with van der Waals surface area (Å²) in [5.74, 6) is -0.0153. The van der Waals surface area contributed by atoms with Crippen molar-refractivity contribution in [1.29, 1.82) is 0 Å². The lowest BCUT2D eigenvalue weighted by Crippen LogP contribution is -2.37. The fourth-order valence-corrected chi connectivity index (χ4v) is 3.31. The number of aromatic nitrogens is 1. The topological polar surface area (TPSA) is 62.6 Å². The van der Waals surface area contributed by atoms with E-state index in [4.69, 9.17) is 0 Å². The fraction of sp³-hybridized carbons (Fsp3) is 0.615. The molecule has 0 N–H and O–H groups in total. The van der Waals surface area contributed by atoms with Crippen LogP contribution in [-0.2, 0) is 17.1 Å². The lowest BCUT2D eigenvalue weighted by molar-refractivity contribution is 0.0763. The van der Waals surface area contributed by atoms with Gasteiger partial charge in [-0.25, -0.2) is 12.7 Å². The predicted octanol–water partition coefficient (Wildman–Crippen LogP) is 0.441. The van der Waals surface area contributed by atoms with Crippen LogP contribution in [0, 0.1) is 6.92 Å². The molecule has 2 heterocycles. The molecule has 1 aromatic heterocycles. The number of rotatable bonds is 2. The molecule has 1 amide bonds. The smallest absolute Gasteiger partial charge is 0.255 e. The van der Waals surface area contributed by atoms with E-state index in [1.54, 1.807) is 4.90 Å². The van der Waals surface area contributed by atoms with Gasteiger partial charge in [0.2, 0.25) is 10.0 Å². The molecule has 112 valence electrons. The SMILES string of the molecule is Cc1c(C(=O)N2CCCN(S(C)(=O)=O)CC2)ccn1C. The zero-order valence-corrected chi connectivity index (χ0v) is 13.0. The van der Waals surface area contributed by atoms with Gasteiger partial charge in [0, 0.05) is 45.1 Å². The van der Waals surface area contributed by atoms with Crippen LogP contribution in [0.1, 0.15) is 22.5 Å². The van der Waals surface area contributed by atoms with Gasteiger partial charge in [-0.05, 0) is 19.4 Å². The van der Waals surface area contributed by atoms with Crippen molar-refractivity contribution in [3.63, 3.8) is 0 Å². The van der Waals surface area contributed by atoms with Gasteiger partial charge in [0.25, 0.3) is 5.91 Å². The van der Waals surface area contributed by atoms with Crippen molar-refractivity contribution in [1.82, 2.24) is 13.8 Å². The molecular weight excluding hydrogens is 278 g/mol. The monoisotopic (exact) mass is 299 g/mol. The molecule has 1 fully saturated rings. The second-order valence-electron chi connectivity index (χ2n) is 5.23. The highest BCUT2D eigenvalue weighted by atomic mass is 32.2. The first-order chi connectivity index (χ1) is 9.30. The summed E-state index contributed by atoms with van der Waals surface area (Å²) in [5, 5.41) is 0. The summed E-state index contributed by atoms with van der Waals surface area (Å²) in [6, 6.07) is 1.82. The molecule has 0 spiro atoms. The molecule has 0 aromatic carbocycles. The Bertz CT molecular complexity index is 606. The van der Waals surface area contributed by atoms with Crippen molar-refractivity contribution in [3.05, 3.63) is 23.5 Å². The van der Waals surface area contributed by atoms with Crippen LogP contribution < -0.4 is 0 Å². The van der Waals surface area contributed by atoms with Crippen LogP contribution >= 0.6 is 0 Å². The van der Waals surface area contributed by atoms with Gasteiger partial charge < -0.3 is 9.47 Å². The highest BCUT2D eigenvalue weighted by molar-refractivity contribution is 7.88. The van der Waals surface area contributed by atoms with E-state index in [0.717, 1.165) is 5.69 Å². The van der Waals surface area contributed by atoms with Gasteiger partial charge >= 0.3 is 0 Å². The van der Waals surface area contributed by atoms with Crippen molar-refractivity contribution in [3.8, 4) is 0 Å². The minimum atomic E-state index is -3.18. The minimum Gasteiger partial charge on any atom is -0.354 e. The average Bonchev–Trinajstić information content (AvgIpc) is 2.59. The Morgan fingerprint density at radius 2 is 1.90 bits per heavy atom. The molecular formula is C13H21N3O3S. The number of sulfonamides is 1. The van der Waals surface area contributed by atoms with Gasteiger partial charge in [0.05, 0.1) is 11.8 Å². The van der Waals surface area contributed by atoms with Gasteiger partial charge in [-0.15, -0.1) is 0 Å². The average molecular weight is 299 g/mol. The Morgan fingerprint density at radius 1 is 1.20 bits per heavy atom. The quantitative estimate of drug-likeness (QED) is 0.796. The molecule has 1 aromatic rings.